The number of hydrogen-bond donors (Lipinski definition) is 1. The number of nitrogens with one attached hydrogen (secondary N) is 1. The smallest absolute Gasteiger partial charge is 0.341 e. The molecule has 0 aliphatic carbocycles. The SMILES string of the molecule is CCOC(=O)c1c(NC(=O)c2ccc(COc3ccc(I)cc3)o2)sc(C)c1C. The minimum atomic E-state index is -0.448. The maximum absolute atomic E-state index is 12.6. The van der Waals surface area contributed by atoms with E-state index in [1.54, 1.807) is 19.1 Å². The van der Waals surface area contributed by atoms with Crippen LogP contribution in [0.3, 0.4) is 0 Å². The van der Waals surface area contributed by atoms with E-state index in [9.17, 15) is 9.59 Å². The zero-order chi connectivity index (χ0) is 21.0. The predicted octanol–water partition coefficient (Wildman–Crippen LogP) is 5.57. The number of ether oxygens (including phenoxy) is 2. The maximum Gasteiger partial charge on any atom is 0.341 e. The summed E-state index contributed by atoms with van der Waals surface area (Å²) in [6.45, 7) is 5.95. The molecule has 2 aromatic heterocycles. The summed E-state index contributed by atoms with van der Waals surface area (Å²) in [4.78, 5) is 25.8. The fraction of sp³-hybridized carbons (Fsp3) is 0.238. The molecule has 1 N–H and O–H groups in total. The van der Waals surface area contributed by atoms with Crippen molar-refractivity contribution in [2.45, 2.75) is 27.4 Å². The molecule has 0 fully saturated rings. The Morgan fingerprint density at radius 3 is 2.55 bits per heavy atom. The van der Waals surface area contributed by atoms with Crippen LogP contribution >= 0.6 is 33.9 Å². The van der Waals surface area contributed by atoms with E-state index in [-0.39, 0.29) is 19.0 Å². The molecule has 0 atom stereocenters. The van der Waals surface area contributed by atoms with E-state index < -0.39 is 11.9 Å². The number of carbonyl (C=O) groups excluding carboxylic acids is 2. The number of amides is 1. The number of halogens is 1. The van der Waals surface area contributed by atoms with Crippen molar-refractivity contribution in [3.63, 3.8) is 0 Å². The van der Waals surface area contributed by atoms with Gasteiger partial charge in [0, 0.05) is 8.45 Å². The predicted molar refractivity (Wildman–Crippen MR) is 120 cm³/mol. The second-order valence-electron chi connectivity index (χ2n) is 6.17. The Morgan fingerprint density at radius 2 is 1.86 bits per heavy atom. The number of rotatable bonds is 7. The summed E-state index contributed by atoms with van der Waals surface area (Å²) < 4.78 is 17.5. The van der Waals surface area contributed by atoms with Gasteiger partial charge in [-0.2, -0.15) is 0 Å². The molecule has 0 unspecified atom stereocenters. The summed E-state index contributed by atoms with van der Waals surface area (Å²) in [7, 11) is 0. The lowest BCUT2D eigenvalue weighted by Crippen LogP contribution is -2.14. The topological polar surface area (TPSA) is 77.8 Å². The Kier molecular flexibility index (Phi) is 6.96. The number of thiophene rings is 1. The van der Waals surface area contributed by atoms with Crippen LogP contribution in [0.4, 0.5) is 5.00 Å². The van der Waals surface area contributed by atoms with Crippen LogP contribution in [0.5, 0.6) is 5.75 Å². The third-order valence-corrected chi connectivity index (χ3v) is 6.01. The Morgan fingerprint density at radius 1 is 1.14 bits per heavy atom. The van der Waals surface area contributed by atoms with Crippen molar-refractivity contribution in [3.8, 4) is 5.75 Å². The fourth-order valence-electron chi connectivity index (χ4n) is 2.59. The van der Waals surface area contributed by atoms with Crippen molar-refractivity contribution < 1.29 is 23.5 Å². The van der Waals surface area contributed by atoms with Gasteiger partial charge in [-0.3, -0.25) is 4.79 Å². The van der Waals surface area contributed by atoms with Crippen LogP contribution in [0, 0.1) is 17.4 Å². The van der Waals surface area contributed by atoms with Gasteiger partial charge in [0.15, 0.2) is 5.76 Å². The number of furan rings is 1. The first-order chi connectivity index (χ1) is 13.9. The highest BCUT2D eigenvalue weighted by atomic mass is 127. The molecule has 0 bridgehead atoms. The van der Waals surface area contributed by atoms with E-state index >= 15 is 0 Å². The Bertz CT molecular complexity index is 1020. The molecule has 29 heavy (non-hydrogen) atoms. The zero-order valence-corrected chi connectivity index (χ0v) is 19.2. The van der Waals surface area contributed by atoms with Crippen LogP contribution < -0.4 is 10.1 Å². The first-order valence-electron chi connectivity index (χ1n) is 8.94. The largest absolute Gasteiger partial charge is 0.486 e. The van der Waals surface area contributed by atoms with Crippen molar-refractivity contribution in [2.24, 2.45) is 0 Å². The molecular formula is C21H20INO5S. The Hall–Kier alpha value is -2.33. The second-order valence-corrected chi connectivity index (χ2v) is 8.64. The Labute approximate surface area is 186 Å². The van der Waals surface area contributed by atoms with Gasteiger partial charge in [0.05, 0.1) is 12.2 Å². The summed E-state index contributed by atoms with van der Waals surface area (Å²) in [6.07, 6.45) is 0. The van der Waals surface area contributed by atoms with Crippen LogP contribution in [-0.4, -0.2) is 18.5 Å². The van der Waals surface area contributed by atoms with Crippen LogP contribution in [0.15, 0.2) is 40.8 Å². The van der Waals surface area contributed by atoms with Crippen molar-refractivity contribution in [3.05, 3.63) is 67.5 Å². The van der Waals surface area contributed by atoms with Crippen molar-refractivity contribution >= 4 is 50.8 Å². The molecule has 0 aliphatic heterocycles. The lowest BCUT2D eigenvalue weighted by atomic mass is 10.1. The third-order valence-electron chi connectivity index (χ3n) is 4.17. The molecule has 152 valence electrons. The standard InChI is InChI=1S/C21H20INO5S/c1-4-26-21(25)18-12(2)13(3)29-20(18)23-19(24)17-10-9-16(28-17)11-27-15-7-5-14(22)6-8-15/h5-10H,4,11H2,1-3H3,(H,23,24). The first-order valence-corrected chi connectivity index (χ1v) is 10.8. The molecular weight excluding hydrogens is 505 g/mol. The molecule has 0 spiro atoms. The van der Waals surface area contributed by atoms with Gasteiger partial charge in [0.2, 0.25) is 0 Å². The summed E-state index contributed by atoms with van der Waals surface area (Å²) in [5, 5.41) is 3.22. The van der Waals surface area contributed by atoms with Gasteiger partial charge >= 0.3 is 5.97 Å². The molecule has 6 nitrogen and oxygen atoms in total. The van der Waals surface area contributed by atoms with Crippen LogP contribution in [0.1, 0.15) is 44.0 Å². The zero-order valence-electron chi connectivity index (χ0n) is 16.2. The minimum absolute atomic E-state index is 0.143. The van der Waals surface area contributed by atoms with Gasteiger partial charge < -0.3 is 19.2 Å². The summed E-state index contributed by atoms with van der Waals surface area (Å²) in [5.74, 6) is 0.507. The number of hydrogen-bond acceptors (Lipinski definition) is 6. The molecule has 0 aliphatic rings. The van der Waals surface area contributed by atoms with Crippen LogP contribution in [0.25, 0.3) is 0 Å². The average Bonchev–Trinajstić information content (AvgIpc) is 3.26. The molecule has 3 rings (SSSR count). The maximum atomic E-state index is 12.6. The normalized spacial score (nSPS) is 10.6. The molecule has 1 aromatic carbocycles. The molecule has 3 aromatic rings. The van der Waals surface area contributed by atoms with E-state index in [2.05, 4.69) is 27.9 Å². The van der Waals surface area contributed by atoms with Gasteiger partial charge in [-0.25, -0.2) is 4.79 Å². The van der Waals surface area contributed by atoms with Gasteiger partial charge in [-0.1, -0.05) is 0 Å². The second kappa shape index (κ2) is 9.45. The number of carbonyl (C=O) groups is 2. The molecule has 0 radical (unpaired) electrons. The van der Waals surface area contributed by atoms with E-state index in [1.165, 1.54) is 11.3 Å². The highest BCUT2D eigenvalue weighted by Crippen LogP contribution is 2.33. The van der Waals surface area contributed by atoms with E-state index in [4.69, 9.17) is 13.9 Å². The highest BCUT2D eigenvalue weighted by molar-refractivity contribution is 14.1. The minimum Gasteiger partial charge on any atom is -0.486 e. The third kappa shape index (κ3) is 5.18. The quantitative estimate of drug-likeness (QED) is 0.323. The lowest BCUT2D eigenvalue weighted by molar-refractivity contribution is 0.0527. The van der Waals surface area contributed by atoms with E-state index in [0.29, 0.717) is 16.3 Å². The lowest BCUT2D eigenvalue weighted by Gasteiger charge is -2.06. The summed E-state index contributed by atoms with van der Waals surface area (Å²) in [5.41, 5.74) is 1.19. The number of aryl methyl sites for hydroxylation is 1. The van der Waals surface area contributed by atoms with Crippen molar-refractivity contribution in [1.82, 2.24) is 0 Å². The number of benzene rings is 1. The van der Waals surface area contributed by atoms with Gasteiger partial charge in [-0.05, 0) is 85.3 Å². The van der Waals surface area contributed by atoms with E-state index in [0.717, 1.165) is 19.8 Å². The highest BCUT2D eigenvalue weighted by Gasteiger charge is 2.23. The van der Waals surface area contributed by atoms with Crippen molar-refractivity contribution in [2.75, 3.05) is 11.9 Å². The number of anilines is 1. The molecule has 8 heteroatoms. The van der Waals surface area contributed by atoms with Gasteiger partial charge in [-0.15, -0.1) is 11.3 Å². The van der Waals surface area contributed by atoms with Gasteiger partial charge in [0.25, 0.3) is 5.91 Å². The molecule has 2 heterocycles. The average molecular weight is 525 g/mol. The molecule has 0 saturated carbocycles. The Balaban J connectivity index is 1.68. The monoisotopic (exact) mass is 525 g/mol. The fourth-order valence-corrected chi connectivity index (χ4v) is 3.99. The summed E-state index contributed by atoms with van der Waals surface area (Å²) in [6, 6.07) is 10.9. The molecule has 0 saturated heterocycles. The van der Waals surface area contributed by atoms with E-state index in [1.807, 2.05) is 38.1 Å². The number of esters is 1. The van der Waals surface area contributed by atoms with Crippen LogP contribution in [-0.2, 0) is 11.3 Å². The van der Waals surface area contributed by atoms with Crippen LogP contribution in [0.2, 0.25) is 0 Å². The van der Waals surface area contributed by atoms with Gasteiger partial charge in [0.1, 0.15) is 23.1 Å². The van der Waals surface area contributed by atoms with Crippen molar-refractivity contribution in [1.29, 1.82) is 0 Å². The summed E-state index contributed by atoms with van der Waals surface area (Å²) >= 11 is 3.56. The first kappa shape index (κ1) is 21.4. The molecule has 1 amide bonds.